The van der Waals surface area contributed by atoms with Gasteiger partial charge in [-0.2, -0.15) is 12.6 Å². The van der Waals surface area contributed by atoms with E-state index < -0.39 is 53.8 Å². The van der Waals surface area contributed by atoms with Crippen LogP contribution >= 0.6 is 12.6 Å². The monoisotopic (exact) mass is 447 g/mol. The lowest BCUT2D eigenvalue weighted by Gasteiger charge is -2.29. The lowest BCUT2D eigenvalue weighted by atomic mass is 9.96. The van der Waals surface area contributed by atoms with Crippen LogP contribution in [0.25, 0.3) is 0 Å². The molecule has 30 heavy (non-hydrogen) atoms. The van der Waals surface area contributed by atoms with Crippen LogP contribution in [0.4, 0.5) is 0 Å². The highest BCUT2D eigenvalue weighted by molar-refractivity contribution is 7.80. The van der Waals surface area contributed by atoms with E-state index in [4.69, 9.17) is 16.6 Å². The van der Waals surface area contributed by atoms with Gasteiger partial charge in [0.25, 0.3) is 0 Å². The Kier molecular flexibility index (Phi) is 12.0. The van der Waals surface area contributed by atoms with Crippen LogP contribution in [0.15, 0.2) is 0 Å². The average molecular weight is 448 g/mol. The molecule has 0 aliphatic carbocycles. The summed E-state index contributed by atoms with van der Waals surface area (Å²) in [4.78, 5) is 59.7. The number of nitrogens with two attached hydrogens (primary N) is 2. The summed E-state index contributed by atoms with van der Waals surface area (Å²) in [5.41, 5.74) is 10.6. The summed E-state index contributed by atoms with van der Waals surface area (Å²) in [6, 6.07) is -4.48. The van der Waals surface area contributed by atoms with Crippen molar-refractivity contribution in [3.05, 3.63) is 0 Å². The molecular weight excluding hydrogens is 414 g/mol. The quantitative estimate of drug-likeness (QED) is 0.164. The van der Waals surface area contributed by atoms with Gasteiger partial charge in [-0.1, -0.05) is 34.1 Å². The Bertz CT molecular complexity index is 645. The molecule has 0 heterocycles. The molecule has 0 aromatic rings. The smallest absolute Gasteiger partial charge is 0.327 e. The van der Waals surface area contributed by atoms with E-state index in [9.17, 15) is 24.0 Å². The van der Waals surface area contributed by atoms with Gasteiger partial charge in [-0.15, -0.1) is 0 Å². The number of nitrogens with one attached hydrogen (secondary N) is 3. The molecule has 0 bridgehead atoms. The molecule has 0 saturated heterocycles. The van der Waals surface area contributed by atoms with Crippen LogP contribution in [0.3, 0.4) is 0 Å². The lowest BCUT2D eigenvalue weighted by Crippen LogP contribution is -2.60. The van der Waals surface area contributed by atoms with Crippen molar-refractivity contribution in [2.45, 2.75) is 64.7 Å². The van der Waals surface area contributed by atoms with Crippen molar-refractivity contribution in [3.8, 4) is 0 Å². The number of primary amides is 1. The summed E-state index contributed by atoms with van der Waals surface area (Å²) in [6.45, 7) is 6.91. The Morgan fingerprint density at radius 1 is 0.933 bits per heavy atom. The molecular formula is C18H33N5O6S. The minimum absolute atomic E-state index is 0.120. The Balaban J connectivity index is 5.41. The van der Waals surface area contributed by atoms with E-state index in [0.717, 1.165) is 0 Å². The molecule has 0 aromatic carbocycles. The maximum Gasteiger partial charge on any atom is 0.327 e. The van der Waals surface area contributed by atoms with Gasteiger partial charge in [-0.05, 0) is 11.8 Å². The number of hydrogen-bond acceptors (Lipinski definition) is 7. The standard InChI is InChI=1S/C18H33N5O6S/c1-5-9(4)14(17(27)21-11(7-30)18(28)29)23-16(26)13(8(2)3)22-15(25)10(19)6-12(20)24/h8-11,13-14,30H,5-7,19H2,1-4H3,(H2,20,24)(H,21,27)(H,22,25)(H,23,26)(H,28,29). The van der Waals surface area contributed by atoms with E-state index in [1.165, 1.54) is 0 Å². The molecule has 172 valence electrons. The van der Waals surface area contributed by atoms with Crippen molar-refractivity contribution in [1.29, 1.82) is 0 Å². The van der Waals surface area contributed by atoms with Crippen molar-refractivity contribution < 1.29 is 29.1 Å². The third-order valence-corrected chi connectivity index (χ3v) is 4.96. The molecule has 0 rings (SSSR count). The minimum atomic E-state index is -1.25. The first kappa shape index (κ1) is 27.7. The Morgan fingerprint density at radius 2 is 1.43 bits per heavy atom. The van der Waals surface area contributed by atoms with Gasteiger partial charge >= 0.3 is 5.97 Å². The second-order valence-corrected chi connectivity index (χ2v) is 7.83. The number of amides is 4. The lowest BCUT2D eigenvalue weighted by molar-refractivity contribution is -0.142. The maximum absolute atomic E-state index is 12.8. The zero-order valence-corrected chi connectivity index (χ0v) is 18.6. The van der Waals surface area contributed by atoms with Gasteiger partial charge in [0, 0.05) is 5.75 Å². The van der Waals surface area contributed by atoms with Crippen LogP contribution < -0.4 is 27.4 Å². The first-order valence-corrected chi connectivity index (χ1v) is 10.3. The molecule has 0 aromatic heterocycles. The summed E-state index contributed by atoms with van der Waals surface area (Å²) in [5.74, 6) is -4.83. The number of carboxylic acids is 1. The van der Waals surface area contributed by atoms with E-state index >= 15 is 0 Å². The first-order chi connectivity index (χ1) is 13.8. The van der Waals surface area contributed by atoms with Crippen molar-refractivity contribution in [3.63, 3.8) is 0 Å². The molecule has 0 saturated carbocycles. The number of thiol groups is 1. The molecule has 0 fully saturated rings. The summed E-state index contributed by atoms with van der Waals surface area (Å²) in [7, 11) is 0. The molecule has 0 radical (unpaired) electrons. The van der Waals surface area contributed by atoms with Crippen molar-refractivity contribution >= 4 is 42.2 Å². The van der Waals surface area contributed by atoms with E-state index in [-0.39, 0.29) is 24.0 Å². The first-order valence-electron chi connectivity index (χ1n) is 9.64. The SMILES string of the molecule is CCC(C)C(NC(=O)C(NC(=O)C(N)CC(N)=O)C(C)C)C(=O)NC(CS)C(=O)O. The van der Waals surface area contributed by atoms with Crippen molar-refractivity contribution in [2.24, 2.45) is 23.3 Å². The molecule has 11 nitrogen and oxygen atoms in total. The highest BCUT2D eigenvalue weighted by atomic mass is 32.1. The van der Waals surface area contributed by atoms with E-state index in [0.29, 0.717) is 6.42 Å². The van der Waals surface area contributed by atoms with Gasteiger partial charge in [0.1, 0.15) is 18.1 Å². The van der Waals surface area contributed by atoms with Crippen LogP contribution in [0.5, 0.6) is 0 Å². The average Bonchev–Trinajstić information content (AvgIpc) is 2.65. The van der Waals surface area contributed by atoms with Crippen molar-refractivity contribution in [2.75, 3.05) is 5.75 Å². The van der Waals surface area contributed by atoms with Gasteiger partial charge in [-0.25, -0.2) is 4.79 Å². The highest BCUT2D eigenvalue weighted by Crippen LogP contribution is 2.11. The Labute approximate surface area is 181 Å². The van der Waals surface area contributed by atoms with Crippen LogP contribution in [0, 0.1) is 11.8 Å². The predicted molar refractivity (Wildman–Crippen MR) is 113 cm³/mol. The summed E-state index contributed by atoms with van der Waals surface area (Å²) < 4.78 is 0. The predicted octanol–water partition coefficient (Wildman–Crippen LogP) is -1.64. The van der Waals surface area contributed by atoms with Gasteiger partial charge in [0.05, 0.1) is 12.5 Å². The fraction of sp³-hybridized carbons (Fsp3) is 0.722. The van der Waals surface area contributed by atoms with Gasteiger partial charge < -0.3 is 32.5 Å². The second kappa shape index (κ2) is 13.1. The van der Waals surface area contributed by atoms with E-state index in [2.05, 4.69) is 28.6 Å². The molecule has 4 amide bonds. The van der Waals surface area contributed by atoms with Crippen LogP contribution in [-0.2, 0) is 24.0 Å². The topological polar surface area (TPSA) is 194 Å². The fourth-order valence-electron chi connectivity index (χ4n) is 2.50. The number of carboxylic acid groups (broad SMARTS) is 1. The fourth-order valence-corrected chi connectivity index (χ4v) is 2.74. The van der Waals surface area contributed by atoms with Gasteiger partial charge in [-0.3, -0.25) is 19.2 Å². The summed E-state index contributed by atoms with van der Waals surface area (Å²) in [6.07, 6.45) is 0.148. The highest BCUT2D eigenvalue weighted by Gasteiger charge is 2.33. The Morgan fingerprint density at radius 3 is 1.83 bits per heavy atom. The van der Waals surface area contributed by atoms with Crippen LogP contribution in [0.2, 0.25) is 0 Å². The maximum atomic E-state index is 12.8. The molecule has 0 aliphatic rings. The Hall–Kier alpha value is -2.34. The number of hydrogen-bond donors (Lipinski definition) is 7. The third-order valence-electron chi connectivity index (χ3n) is 4.60. The van der Waals surface area contributed by atoms with Crippen LogP contribution in [-0.4, -0.2) is 64.6 Å². The molecule has 0 aliphatic heterocycles. The number of carbonyl (C=O) groups is 5. The number of aliphatic carboxylic acids is 1. The molecule has 5 atom stereocenters. The zero-order chi connectivity index (χ0) is 23.6. The van der Waals surface area contributed by atoms with Gasteiger partial charge in [0.2, 0.25) is 23.6 Å². The normalized spacial score (nSPS) is 16.0. The number of carbonyl (C=O) groups excluding carboxylic acids is 4. The third kappa shape index (κ3) is 8.99. The zero-order valence-electron chi connectivity index (χ0n) is 17.7. The molecule has 8 N–H and O–H groups in total. The van der Waals surface area contributed by atoms with Gasteiger partial charge in [0.15, 0.2) is 0 Å². The van der Waals surface area contributed by atoms with E-state index in [1.807, 2.05) is 6.92 Å². The second-order valence-electron chi connectivity index (χ2n) is 7.46. The largest absolute Gasteiger partial charge is 0.480 e. The minimum Gasteiger partial charge on any atom is -0.480 e. The van der Waals surface area contributed by atoms with Crippen LogP contribution in [0.1, 0.15) is 40.5 Å². The molecule has 5 unspecified atom stereocenters. The molecule has 12 heteroatoms. The van der Waals surface area contributed by atoms with E-state index in [1.54, 1.807) is 20.8 Å². The summed E-state index contributed by atoms with van der Waals surface area (Å²) >= 11 is 3.91. The van der Waals surface area contributed by atoms with Crippen molar-refractivity contribution in [1.82, 2.24) is 16.0 Å². The summed E-state index contributed by atoms with van der Waals surface area (Å²) in [5, 5.41) is 16.5. The molecule has 0 spiro atoms. The number of rotatable bonds is 13.